The van der Waals surface area contributed by atoms with Gasteiger partial charge in [-0.15, -0.1) is 0 Å². The number of methoxy groups -OCH3 is 2. The molecule has 7 nitrogen and oxygen atoms in total. The lowest BCUT2D eigenvalue weighted by molar-refractivity contribution is 0.394. The number of aromatic nitrogens is 3. The molecule has 24 heavy (non-hydrogen) atoms. The van der Waals surface area contributed by atoms with Crippen molar-refractivity contribution in [2.45, 2.75) is 0 Å². The Kier molecular flexibility index (Phi) is 4.42. The van der Waals surface area contributed by atoms with E-state index in [0.29, 0.717) is 22.9 Å². The standard InChI is InChI=1S/C17H16N4O3/c1-23-14-9-8-13(15(10-14)24-2)11-18-21-16(19-20-17(21)22)12-6-4-3-5-7-12/h3-11H,1-2H3,(H,20,22). The van der Waals surface area contributed by atoms with E-state index in [0.717, 1.165) is 5.56 Å². The van der Waals surface area contributed by atoms with Crippen LogP contribution in [0.15, 0.2) is 58.4 Å². The lowest BCUT2D eigenvalue weighted by Crippen LogP contribution is -2.13. The second-order valence-electron chi connectivity index (χ2n) is 4.88. The summed E-state index contributed by atoms with van der Waals surface area (Å²) in [7, 11) is 3.14. The van der Waals surface area contributed by atoms with Crippen LogP contribution in [0.25, 0.3) is 11.4 Å². The smallest absolute Gasteiger partial charge is 0.364 e. The second-order valence-corrected chi connectivity index (χ2v) is 4.88. The van der Waals surface area contributed by atoms with Gasteiger partial charge in [-0.2, -0.15) is 14.9 Å². The normalized spacial score (nSPS) is 10.9. The molecular formula is C17H16N4O3. The Labute approximate surface area is 138 Å². The van der Waals surface area contributed by atoms with Gasteiger partial charge in [0.05, 0.1) is 20.4 Å². The average Bonchev–Trinajstić information content (AvgIpc) is 3.01. The van der Waals surface area contributed by atoms with Crippen LogP contribution in [0.1, 0.15) is 5.56 Å². The summed E-state index contributed by atoms with van der Waals surface area (Å²) in [5.74, 6) is 1.70. The van der Waals surface area contributed by atoms with E-state index in [2.05, 4.69) is 15.3 Å². The maximum absolute atomic E-state index is 12.0. The van der Waals surface area contributed by atoms with E-state index in [1.54, 1.807) is 38.6 Å². The number of H-pyrrole nitrogens is 1. The highest BCUT2D eigenvalue weighted by Gasteiger charge is 2.09. The minimum Gasteiger partial charge on any atom is -0.497 e. The molecule has 0 spiro atoms. The Hall–Kier alpha value is -3.35. The van der Waals surface area contributed by atoms with Crippen LogP contribution in [0.2, 0.25) is 0 Å². The fourth-order valence-corrected chi connectivity index (χ4v) is 2.22. The van der Waals surface area contributed by atoms with E-state index in [-0.39, 0.29) is 0 Å². The quantitative estimate of drug-likeness (QED) is 0.729. The molecule has 1 aromatic heterocycles. The fourth-order valence-electron chi connectivity index (χ4n) is 2.22. The molecule has 0 amide bonds. The number of nitrogens with one attached hydrogen (secondary N) is 1. The zero-order valence-electron chi connectivity index (χ0n) is 13.3. The summed E-state index contributed by atoms with van der Waals surface area (Å²) in [5, 5.41) is 10.7. The average molecular weight is 324 g/mol. The van der Waals surface area contributed by atoms with Crippen molar-refractivity contribution < 1.29 is 9.47 Å². The highest BCUT2D eigenvalue weighted by Crippen LogP contribution is 2.23. The maximum Gasteiger partial charge on any atom is 0.364 e. The fraction of sp³-hybridized carbons (Fsp3) is 0.118. The zero-order chi connectivity index (χ0) is 16.9. The molecule has 0 bridgehead atoms. The van der Waals surface area contributed by atoms with Gasteiger partial charge in [-0.3, -0.25) is 0 Å². The highest BCUT2D eigenvalue weighted by molar-refractivity contribution is 5.84. The predicted molar refractivity (Wildman–Crippen MR) is 90.8 cm³/mol. The van der Waals surface area contributed by atoms with E-state index in [1.165, 1.54) is 4.68 Å². The molecule has 0 aliphatic heterocycles. The number of nitrogens with zero attached hydrogens (tertiary/aromatic N) is 3. The van der Waals surface area contributed by atoms with Gasteiger partial charge in [0.15, 0.2) is 5.82 Å². The van der Waals surface area contributed by atoms with Gasteiger partial charge in [-0.1, -0.05) is 30.3 Å². The van der Waals surface area contributed by atoms with Crippen LogP contribution in [0.5, 0.6) is 11.5 Å². The minimum atomic E-state index is -0.419. The monoisotopic (exact) mass is 324 g/mol. The van der Waals surface area contributed by atoms with Crippen LogP contribution >= 0.6 is 0 Å². The van der Waals surface area contributed by atoms with Crippen molar-refractivity contribution >= 4 is 6.21 Å². The summed E-state index contributed by atoms with van der Waals surface area (Å²) in [5.41, 5.74) is 1.08. The van der Waals surface area contributed by atoms with Crippen molar-refractivity contribution in [3.8, 4) is 22.9 Å². The summed E-state index contributed by atoms with van der Waals surface area (Å²) in [6, 6.07) is 14.7. The van der Waals surface area contributed by atoms with Gasteiger partial charge in [-0.05, 0) is 12.1 Å². The molecule has 1 heterocycles. The van der Waals surface area contributed by atoms with Gasteiger partial charge < -0.3 is 9.47 Å². The molecule has 2 aromatic carbocycles. The number of rotatable bonds is 5. The summed E-state index contributed by atoms with van der Waals surface area (Å²) in [6.45, 7) is 0. The first-order valence-corrected chi connectivity index (χ1v) is 7.22. The summed E-state index contributed by atoms with van der Waals surface area (Å²) >= 11 is 0. The highest BCUT2D eigenvalue weighted by atomic mass is 16.5. The molecule has 0 aliphatic rings. The van der Waals surface area contributed by atoms with Crippen molar-refractivity contribution in [3.05, 3.63) is 64.6 Å². The molecular weight excluding hydrogens is 308 g/mol. The first-order valence-electron chi connectivity index (χ1n) is 7.22. The van der Waals surface area contributed by atoms with Gasteiger partial charge in [0.1, 0.15) is 11.5 Å². The van der Waals surface area contributed by atoms with Crippen molar-refractivity contribution in [1.82, 2.24) is 14.9 Å². The molecule has 3 aromatic rings. The van der Waals surface area contributed by atoms with Gasteiger partial charge >= 0.3 is 5.69 Å². The molecule has 7 heteroatoms. The number of ether oxygens (including phenoxy) is 2. The zero-order valence-corrected chi connectivity index (χ0v) is 13.3. The Bertz CT molecular complexity index is 913. The topological polar surface area (TPSA) is 81.5 Å². The molecule has 0 aliphatic carbocycles. The molecule has 0 atom stereocenters. The van der Waals surface area contributed by atoms with Crippen molar-refractivity contribution in [2.24, 2.45) is 5.10 Å². The summed E-state index contributed by atoms with van der Waals surface area (Å²) < 4.78 is 11.7. The van der Waals surface area contributed by atoms with Crippen molar-refractivity contribution in [2.75, 3.05) is 14.2 Å². The van der Waals surface area contributed by atoms with Crippen LogP contribution in [0.3, 0.4) is 0 Å². The lowest BCUT2D eigenvalue weighted by atomic mass is 10.2. The summed E-state index contributed by atoms with van der Waals surface area (Å²) in [6.07, 6.45) is 1.54. The SMILES string of the molecule is COc1ccc(C=Nn2c(-c3ccccc3)n[nH]c2=O)c(OC)c1. The van der Waals surface area contributed by atoms with Crippen molar-refractivity contribution in [1.29, 1.82) is 0 Å². The van der Waals surface area contributed by atoms with Crippen molar-refractivity contribution in [3.63, 3.8) is 0 Å². The Balaban J connectivity index is 1.99. The molecule has 0 saturated heterocycles. The summed E-state index contributed by atoms with van der Waals surface area (Å²) in [4.78, 5) is 12.0. The van der Waals surface area contributed by atoms with E-state index in [4.69, 9.17) is 9.47 Å². The molecule has 122 valence electrons. The van der Waals surface area contributed by atoms with Crippen LogP contribution in [0, 0.1) is 0 Å². The van der Waals surface area contributed by atoms with Gasteiger partial charge in [0, 0.05) is 17.2 Å². The first kappa shape index (κ1) is 15.5. The van der Waals surface area contributed by atoms with E-state index in [9.17, 15) is 4.79 Å². The van der Waals surface area contributed by atoms with Crippen LogP contribution in [-0.4, -0.2) is 35.3 Å². The van der Waals surface area contributed by atoms with Crippen LogP contribution in [0.4, 0.5) is 0 Å². The maximum atomic E-state index is 12.0. The van der Waals surface area contributed by atoms with E-state index in [1.807, 2.05) is 30.3 Å². The Morgan fingerprint density at radius 1 is 1.12 bits per heavy atom. The number of aromatic amines is 1. The largest absolute Gasteiger partial charge is 0.497 e. The molecule has 1 N–H and O–H groups in total. The molecule has 0 saturated carbocycles. The Morgan fingerprint density at radius 3 is 2.62 bits per heavy atom. The molecule has 0 fully saturated rings. The number of benzene rings is 2. The second kappa shape index (κ2) is 6.82. The van der Waals surface area contributed by atoms with Crippen LogP contribution in [-0.2, 0) is 0 Å². The van der Waals surface area contributed by atoms with Gasteiger partial charge in [0.25, 0.3) is 0 Å². The third kappa shape index (κ3) is 3.05. The molecule has 0 unspecified atom stereocenters. The first-order chi connectivity index (χ1) is 11.7. The predicted octanol–water partition coefficient (Wildman–Crippen LogP) is 2.14. The van der Waals surface area contributed by atoms with Gasteiger partial charge in [-0.25, -0.2) is 9.89 Å². The van der Waals surface area contributed by atoms with E-state index >= 15 is 0 Å². The third-order valence-electron chi connectivity index (χ3n) is 3.44. The molecule has 3 rings (SSSR count). The Morgan fingerprint density at radius 2 is 1.92 bits per heavy atom. The van der Waals surface area contributed by atoms with Crippen LogP contribution < -0.4 is 15.2 Å². The van der Waals surface area contributed by atoms with E-state index < -0.39 is 5.69 Å². The minimum absolute atomic E-state index is 0.419. The third-order valence-corrected chi connectivity index (χ3v) is 3.44. The molecule has 0 radical (unpaired) electrons. The number of hydrogen-bond donors (Lipinski definition) is 1. The van der Waals surface area contributed by atoms with Gasteiger partial charge in [0.2, 0.25) is 0 Å². The number of hydrogen-bond acceptors (Lipinski definition) is 5. The lowest BCUT2D eigenvalue weighted by Gasteiger charge is -2.07.